The van der Waals surface area contributed by atoms with Gasteiger partial charge in [-0.3, -0.25) is 24.6 Å². The molecule has 13 nitrogen and oxygen atoms in total. The normalized spacial score (nSPS) is 26.6. The fourth-order valence-corrected chi connectivity index (χ4v) is 5.95. The number of aromatic hydroxyl groups is 1. The number of carbonyl (C=O) groups is 4. The first-order valence-electron chi connectivity index (χ1n) is 11.7. The first kappa shape index (κ1) is 26.9. The number of phenols is 1. The lowest BCUT2D eigenvalue weighted by Gasteiger charge is -2.50. The third-order valence-corrected chi connectivity index (χ3v) is 7.60. The number of hydrogen-bond acceptors (Lipinski definition) is 11. The summed E-state index contributed by atoms with van der Waals surface area (Å²) >= 11 is 0. The van der Waals surface area contributed by atoms with E-state index < -0.39 is 69.9 Å². The van der Waals surface area contributed by atoms with Gasteiger partial charge in [0.05, 0.1) is 24.4 Å². The second-order valence-electron chi connectivity index (χ2n) is 10.1. The Morgan fingerprint density at radius 1 is 1.16 bits per heavy atom. The number of allylic oxidation sites excluding steroid dienone is 1. The molecule has 4 unspecified atom stereocenters. The Balaban J connectivity index is 1.97. The SMILES string of the molecule is COC(=O)Nc1cc(N(C)C)c2c(c1O)C(=O)C1=C(O)C3(O)C(=O)C(C(N)=O)=C(O)C(N(C)C)C3CC1C2. The number of fused-ring (bicyclic) bond motifs is 3. The Bertz CT molecular complexity index is 1350. The number of primary amides is 1. The molecule has 3 aliphatic carbocycles. The molecule has 0 saturated heterocycles. The van der Waals surface area contributed by atoms with E-state index in [1.165, 1.54) is 11.0 Å². The highest BCUT2D eigenvalue weighted by Gasteiger charge is 2.63. The number of hydrogen-bond donors (Lipinski definition) is 6. The van der Waals surface area contributed by atoms with Gasteiger partial charge in [-0.25, -0.2) is 4.79 Å². The van der Waals surface area contributed by atoms with Crippen LogP contribution in [-0.2, 0) is 20.7 Å². The second kappa shape index (κ2) is 9.03. The van der Waals surface area contributed by atoms with E-state index in [2.05, 4.69) is 10.1 Å². The summed E-state index contributed by atoms with van der Waals surface area (Å²) in [5, 5.41) is 47.2. The number of rotatable bonds is 4. The van der Waals surface area contributed by atoms with E-state index in [4.69, 9.17) is 5.73 Å². The van der Waals surface area contributed by atoms with E-state index in [0.29, 0.717) is 11.3 Å². The van der Waals surface area contributed by atoms with Crippen molar-refractivity contribution in [3.63, 3.8) is 0 Å². The zero-order valence-electron chi connectivity index (χ0n) is 21.5. The highest BCUT2D eigenvalue weighted by molar-refractivity contribution is 6.25. The number of nitrogens with two attached hydrogens (primary N) is 1. The summed E-state index contributed by atoms with van der Waals surface area (Å²) in [5.41, 5.74) is 2.03. The van der Waals surface area contributed by atoms with E-state index in [1.807, 2.05) is 0 Å². The number of nitrogens with one attached hydrogen (secondary N) is 1. The van der Waals surface area contributed by atoms with Gasteiger partial charge in [-0.15, -0.1) is 0 Å². The zero-order valence-corrected chi connectivity index (χ0v) is 21.5. The summed E-state index contributed by atoms with van der Waals surface area (Å²) < 4.78 is 4.59. The molecule has 0 saturated carbocycles. The molecule has 3 aliphatic rings. The third-order valence-electron chi connectivity index (χ3n) is 7.60. The van der Waals surface area contributed by atoms with Gasteiger partial charge in [-0.2, -0.15) is 0 Å². The van der Waals surface area contributed by atoms with Gasteiger partial charge in [-0.1, -0.05) is 0 Å². The lowest BCUT2D eigenvalue weighted by molar-refractivity contribution is -0.148. The maximum absolute atomic E-state index is 13.9. The number of likely N-dealkylation sites (N-methyl/N-ethyl adjacent to an activating group) is 1. The minimum atomic E-state index is -2.73. The first-order valence-corrected chi connectivity index (χ1v) is 11.7. The van der Waals surface area contributed by atoms with Gasteiger partial charge >= 0.3 is 6.09 Å². The van der Waals surface area contributed by atoms with Crippen molar-refractivity contribution in [3.05, 3.63) is 39.9 Å². The smallest absolute Gasteiger partial charge is 0.411 e. The minimum absolute atomic E-state index is 0.0262. The number of phenolic OH excluding ortho intramolecular Hbond substituents is 1. The van der Waals surface area contributed by atoms with Crippen LogP contribution >= 0.6 is 0 Å². The van der Waals surface area contributed by atoms with Gasteiger partial charge in [0.2, 0.25) is 5.78 Å². The fourth-order valence-electron chi connectivity index (χ4n) is 5.95. The molecule has 38 heavy (non-hydrogen) atoms. The Hall–Kier alpha value is -4.10. The van der Waals surface area contributed by atoms with Crippen molar-refractivity contribution in [1.29, 1.82) is 0 Å². The number of aliphatic hydroxyl groups is 3. The minimum Gasteiger partial charge on any atom is -0.510 e. The van der Waals surface area contributed by atoms with Crippen molar-refractivity contribution in [2.75, 3.05) is 45.5 Å². The molecule has 13 heteroatoms. The molecule has 1 aromatic rings. The highest BCUT2D eigenvalue weighted by atomic mass is 16.5. The Labute approximate surface area is 217 Å². The van der Waals surface area contributed by atoms with Crippen LogP contribution in [0.1, 0.15) is 22.3 Å². The van der Waals surface area contributed by atoms with Gasteiger partial charge in [0, 0.05) is 31.3 Å². The van der Waals surface area contributed by atoms with E-state index in [-0.39, 0.29) is 29.7 Å². The van der Waals surface area contributed by atoms with Crippen LogP contribution < -0.4 is 16.0 Å². The van der Waals surface area contributed by atoms with Crippen molar-refractivity contribution < 1.29 is 44.3 Å². The molecule has 0 heterocycles. The molecular formula is C25H30N4O9. The number of aliphatic hydroxyl groups excluding tert-OH is 2. The molecule has 7 N–H and O–H groups in total. The van der Waals surface area contributed by atoms with Crippen molar-refractivity contribution in [2.45, 2.75) is 24.5 Å². The maximum atomic E-state index is 13.9. The number of nitrogens with zero attached hydrogens (tertiary/aromatic N) is 2. The molecule has 2 amide bonds. The van der Waals surface area contributed by atoms with Gasteiger partial charge < -0.3 is 35.8 Å². The van der Waals surface area contributed by atoms with E-state index >= 15 is 0 Å². The average molecular weight is 531 g/mol. The van der Waals surface area contributed by atoms with Crippen LogP contribution in [-0.4, -0.2) is 95.8 Å². The molecule has 0 fully saturated rings. The quantitative estimate of drug-likeness (QED) is 0.232. The number of carbonyl (C=O) groups excluding carboxylic acids is 4. The predicted molar refractivity (Wildman–Crippen MR) is 134 cm³/mol. The summed E-state index contributed by atoms with van der Waals surface area (Å²) in [6.07, 6.45) is -0.800. The first-order chi connectivity index (χ1) is 17.7. The summed E-state index contributed by atoms with van der Waals surface area (Å²) in [4.78, 5) is 54.3. The molecule has 0 radical (unpaired) electrons. The molecule has 0 spiro atoms. The number of Topliss-reactive ketones (excluding diaryl/α,β-unsaturated/α-hetero) is 2. The van der Waals surface area contributed by atoms with Crippen LogP contribution in [0.15, 0.2) is 28.7 Å². The maximum Gasteiger partial charge on any atom is 0.411 e. The molecule has 0 bridgehead atoms. The van der Waals surface area contributed by atoms with Gasteiger partial charge in [0.1, 0.15) is 17.1 Å². The third kappa shape index (κ3) is 3.61. The molecule has 0 aromatic heterocycles. The number of anilines is 2. The topological polar surface area (TPSA) is 203 Å². The molecule has 1 aromatic carbocycles. The Kier molecular flexibility index (Phi) is 6.40. The molecule has 204 valence electrons. The lowest BCUT2D eigenvalue weighted by atomic mass is 9.58. The zero-order chi connectivity index (χ0) is 28.4. The van der Waals surface area contributed by atoms with Crippen LogP contribution in [0.4, 0.5) is 16.2 Å². The predicted octanol–water partition coefficient (Wildman–Crippen LogP) is 0.365. The van der Waals surface area contributed by atoms with E-state index in [1.54, 1.807) is 33.1 Å². The van der Waals surface area contributed by atoms with Crippen molar-refractivity contribution in [3.8, 4) is 5.75 Å². The number of methoxy groups -OCH3 is 1. The van der Waals surface area contributed by atoms with Crippen LogP contribution in [0, 0.1) is 11.8 Å². The summed E-state index contributed by atoms with van der Waals surface area (Å²) in [7, 11) is 7.66. The number of ether oxygens (including phenoxy) is 1. The number of benzene rings is 1. The summed E-state index contributed by atoms with van der Waals surface area (Å²) in [6.45, 7) is 0. The highest BCUT2D eigenvalue weighted by Crippen LogP contribution is 2.53. The number of ketones is 2. The van der Waals surface area contributed by atoms with Crippen LogP contribution in [0.2, 0.25) is 0 Å². The fraction of sp³-hybridized carbons (Fsp3) is 0.440. The molecule has 4 atom stereocenters. The second-order valence-corrected chi connectivity index (χ2v) is 10.1. The molecular weight excluding hydrogens is 500 g/mol. The van der Waals surface area contributed by atoms with Crippen molar-refractivity contribution in [1.82, 2.24) is 4.90 Å². The molecule has 0 aliphatic heterocycles. The molecule has 4 rings (SSSR count). The van der Waals surface area contributed by atoms with E-state index in [9.17, 15) is 39.6 Å². The van der Waals surface area contributed by atoms with Crippen LogP contribution in [0.3, 0.4) is 0 Å². The van der Waals surface area contributed by atoms with Gasteiger partial charge in [0.25, 0.3) is 5.91 Å². The standard InChI is InChI=1S/C25H30N4O9/c1-28(2)13-8-12(27-24(36)38-5)18(30)15-10(13)6-9-7-11-17(29(3)4)20(32)16(23(26)35)22(34)25(11,37)21(33)14(9)19(15)31/h8-9,11,17,30,32-33,37H,6-7H2,1-5H3,(H2,26,35)(H,27,36). The van der Waals surface area contributed by atoms with Crippen LogP contribution in [0.25, 0.3) is 0 Å². The number of amides is 2. The van der Waals surface area contributed by atoms with E-state index in [0.717, 1.165) is 7.11 Å². The van der Waals surface area contributed by atoms with Crippen molar-refractivity contribution in [2.24, 2.45) is 17.6 Å². The van der Waals surface area contributed by atoms with Crippen molar-refractivity contribution >= 4 is 34.9 Å². The van der Waals surface area contributed by atoms with Crippen LogP contribution in [0.5, 0.6) is 5.75 Å². The summed E-state index contributed by atoms with van der Waals surface area (Å²) in [5.74, 6) is -7.47. The lowest BCUT2D eigenvalue weighted by Crippen LogP contribution is -2.63. The van der Waals surface area contributed by atoms with Gasteiger partial charge in [0.15, 0.2) is 17.1 Å². The monoisotopic (exact) mass is 530 g/mol. The largest absolute Gasteiger partial charge is 0.510 e. The summed E-state index contributed by atoms with van der Waals surface area (Å²) in [6, 6.07) is 0.404. The average Bonchev–Trinajstić information content (AvgIpc) is 2.82. The van der Waals surface area contributed by atoms with Gasteiger partial charge in [-0.05, 0) is 44.5 Å². The Morgan fingerprint density at radius 3 is 2.32 bits per heavy atom. The Morgan fingerprint density at radius 2 is 1.79 bits per heavy atom.